The molecule has 2 N–H and O–H groups in total. The molecule has 0 fully saturated rings. The lowest BCUT2D eigenvalue weighted by molar-refractivity contribution is 0.0977. The van der Waals surface area contributed by atoms with E-state index in [1.165, 1.54) is 0 Å². The Morgan fingerprint density at radius 1 is 1.29 bits per heavy atom. The van der Waals surface area contributed by atoms with Crippen LogP contribution in [0.2, 0.25) is 0 Å². The van der Waals surface area contributed by atoms with E-state index < -0.39 is 11.5 Å². The molecule has 146 valence electrons. The van der Waals surface area contributed by atoms with E-state index in [1.807, 2.05) is 6.07 Å². The van der Waals surface area contributed by atoms with Crippen LogP contribution in [-0.2, 0) is 0 Å². The molecule has 1 heterocycles. The normalized spacial score (nSPS) is 10.1. The number of nitrogens with one attached hydrogen (secondary N) is 2. The van der Waals surface area contributed by atoms with Crippen molar-refractivity contribution < 1.29 is 9.53 Å². The Hall–Kier alpha value is -3.18. The average Bonchev–Trinajstić information content (AvgIpc) is 2.66. The van der Waals surface area contributed by atoms with Gasteiger partial charge in [0.15, 0.2) is 5.11 Å². The number of hydrogen-bond donors (Lipinski definition) is 2. The number of aromatic nitrogens is 1. The molecule has 2 aromatic rings. The fourth-order valence-corrected chi connectivity index (χ4v) is 2.69. The van der Waals surface area contributed by atoms with Crippen LogP contribution in [0.15, 0.2) is 35.1 Å². The molecule has 1 amide bonds. The first-order valence-corrected chi connectivity index (χ1v) is 9.26. The Balaban J connectivity index is 2.05. The molecule has 8 heteroatoms. The van der Waals surface area contributed by atoms with Crippen molar-refractivity contribution in [2.45, 2.75) is 33.6 Å². The van der Waals surface area contributed by atoms with Crippen molar-refractivity contribution in [3.8, 4) is 11.8 Å². The lowest BCUT2D eigenvalue weighted by Gasteiger charge is -2.15. The summed E-state index contributed by atoms with van der Waals surface area (Å²) in [7, 11) is 0. The molecule has 0 saturated heterocycles. The summed E-state index contributed by atoms with van der Waals surface area (Å²) in [5, 5.41) is 11.6. The first-order valence-electron chi connectivity index (χ1n) is 8.86. The molecule has 0 spiro atoms. The topological polar surface area (TPSA) is 96.2 Å². The molecule has 0 saturated carbocycles. The number of benzene rings is 1. The number of nitriles is 1. The molecular formula is C20H22N4O3S. The quantitative estimate of drug-likeness (QED) is 0.574. The van der Waals surface area contributed by atoms with Crippen molar-refractivity contribution in [1.82, 2.24) is 9.99 Å². The van der Waals surface area contributed by atoms with E-state index in [9.17, 15) is 9.59 Å². The Morgan fingerprint density at radius 3 is 2.57 bits per heavy atom. The summed E-state index contributed by atoms with van der Waals surface area (Å²) in [5.41, 5.74) is 3.70. The van der Waals surface area contributed by atoms with Gasteiger partial charge < -0.3 is 4.74 Å². The third-order valence-electron chi connectivity index (χ3n) is 4.02. The van der Waals surface area contributed by atoms with Crippen LogP contribution in [0.25, 0.3) is 0 Å². The number of carbonyl (C=O) groups excluding carboxylic acids is 1. The number of thiocarbonyl (C=S) groups is 1. The number of carbonyl (C=O) groups is 1. The highest BCUT2D eigenvalue weighted by Crippen LogP contribution is 2.12. The van der Waals surface area contributed by atoms with Gasteiger partial charge in [0.1, 0.15) is 17.4 Å². The zero-order valence-corrected chi connectivity index (χ0v) is 16.9. The van der Waals surface area contributed by atoms with Gasteiger partial charge in [-0.3, -0.25) is 20.3 Å². The number of pyridine rings is 1. The van der Waals surface area contributed by atoms with Gasteiger partial charge in [0.05, 0.1) is 6.61 Å². The minimum Gasteiger partial charge on any atom is -0.494 e. The summed E-state index contributed by atoms with van der Waals surface area (Å²) in [6.45, 7) is 6.10. The highest BCUT2D eigenvalue weighted by molar-refractivity contribution is 7.80. The third-order valence-corrected chi connectivity index (χ3v) is 4.22. The van der Waals surface area contributed by atoms with Gasteiger partial charge in [-0.1, -0.05) is 13.3 Å². The van der Waals surface area contributed by atoms with E-state index in [2.05, 4.69) is 17.7 Å². The molecular weight excluding hydrogens is 376 g/mol. The van der Waals surface area contributed by atoms with Crippen molar-refractivity contribution in [3.05, 3.63) is 63.1 Å². The number of ether oxygens (including phenoxy) is 1. The maximum atomic E-state index is 12.4. The lowest BCUT2D eigenvalue weighted by Crippen LogP contribution is -2.43. The van der Waals surface area contributed by atoms with Gasteiger partial charge in [0, 0.05) is 11.3 Å². The number of rotatable bonds is 6. The summed E-state index contributed by atoms with van der Waals surface area (Å²) in [6, 6.07) is 10.3. The molecule has 0 aliphatic rings. The Morgan fingerprint density at radius 2 is 1.96 bits per heavy atom. The SMILES string of the molecule is CCCCOc1ccc(C(=O)NC(=S)Nn2c(C)cc(C)c(C#N)c2=O)cc1. The number of unbranched alkanes of at least 4 members (excludes halogenated alkanes) is 1. The largest absolute Gasteiger partial charge is 0.494 e. The zero-order valence-electron chi connectivity index (χ0n) is 16.0. The molecule has 2 rings (SSSR count). The second-order valence-corrected chi connectivity index (χ2v) is 6.63. The molecule has 0 aliphatic heterocycles. The molecule has 7 nitrogen and oxygen atoms in total. The van der Waals surface area contributed by atoms with Gasteiger partial charge in [0.25, 0.3) is 11.5 Å². The second-order valence-electron chi connectivity index (χ2n) is 6.22. The van der Waals surface area contributed by atoms with Crippen LogP contribution in [0.5, 0.6) is 5.75 Å². The maximum absolute atomic E-state index is 12.4. The molecule has 0 aliphatic carbocycles. The molecule has 0 unspecified atom stereocenters. The van der Waals surface area contributed by atoms with Crippen LogP contribution in [0.4, 0.5) is 0 Å². The van der Waals surface area contributed by atoms with Gasteiger partial charge in [-0.15, -0.1) is 0 Å². The number of nitrogens with zero attached hydrogens (tertiary/aromatic N) is 2. The number of amides is 1. The van der Waals surface area contributed by atoms with Crippen LogP contribution in [0.3, 0.4) is 0 Å². The first kappa shape index (κ1) is 21.1. The van der Waals surface area contributed by atoms with Gasteiger partial charge in [-0.2, -0.15) is 5.26 Å². The summed E-state index contributed by atoms with van der Waals surface area (Å²) in [6.07, 6.45) is 2.01. The van der Waals surface area contributed by atoms with Crippen LogP contribution in [0.1, 0.15) is 46.9 Å². The Kier molecular flexibility index (Phi) is 7.29. The number of hydrogen-bond acceptors (Lipinski definition) is 5. The highest BCUT2D eigenvalue weighted by atomic mass is 32.1. The first-order chi connectivity index (χ1) is 13.4. The predicted molar refractivity (Wildman–Crippen MR) is 111 cm³/mol. The molecule has 0 radical (unpaired) electrons. The van der Waals surface area contributed by atoms with Crippen LogP contribution in [0, 0.1) is 25.2 Å². The Labute approximate surface area is 168 Å². The van der Waals surface area contributed by atoms with Crippen molar-refractivity contribution in [2.75, 3.05) is 12.0 Å². The minimum absolute atomic E-state index is 0.0193. The zero-order chi connectivity index (χ0) is 20.7. The van der Waals surface area contributed by atoms with E-state index in [1.54, 1.807) is 44.2 Å². The number of aryl methyl sites for hydroxylation is 2. The van der Waals surface area contributed by atoms with Crippen molar-refractivity contribution in [1.29, 1.82) is 5.26 Å². The molecule has 1 aromatic heterocycles. The lowest BCUT2D eigenvalue weighted by atomic mass is 10.1. The highest BCUT2D eigenvalue weighted by Gasteiger charge is 2.13. The van der Waals surface area contributed by atoms with E-state index in [-0.39, 0.29) is 10.7 Å². The summed E-state index contributed by atoms with van der Waals surface area (Å²) in [4.78, 5) is 24.7. The summed E-state index contributed by atoms with van der Waals surface area (Å²) >= 11 is 5.13. The van der Waals surface area contributed by atoms with Crippen molar-refractivity contribution in [3.63, 3.8) is 0 Å². The van der Waals surface area contributed by atoms with Crippen LogP contribution >= 0.6 is 12.2 Å². The molecule has 0 atom stereocenters. The third kappa shape index (κ3) is 5.18. The fraction of sp³-hybridized carbons (Fsp3) is 0.300. The van der Waals surface area contributed by atoms with Gasteiger partial charge in [-0.05, 0) is 68.4 Å². The molecule has 0 bridgehead atoms. The predicted octanol–water partition coefficient (Wildman–Crippen LogP) is 2.77. The van der Waals surface area contributed by atoms with E-state index >= 15 is 0 Å². The van der Waals surface area contributed by atoms with E-state index in [4.69, 9.17) is 22.2 Å². The molecule has 1 aromatic carbocycles. The fourth-order valence-electron chi connectivity index (χ4n) is 2.51. The van der Waals surface area contributed by atoms with Crippen molar-refractivity contribution in [2.24, 2.45) is 0 Å². The summed E-state index contributed by atoms with van der Waals surface area (Å²) in [5.74, 6) is 0.271. The molecule has 28 heavy (non-hydrogen) atoms. The summed E-state index contributed by atoms with van der Waals surface area (Å²) < 4.78 is 6.70. The van der Waals surface area contributed by atoms with Gasteiger partial charge >= 0.3 is 0 Å². The van der Waals surface area contributed by atoms with E-state index in [0.717, 1.165) is 17.5 Å². The van der Waals surface area contributed by atoms with E-state index in [0.29, 0.717) is 29.2 Å². The average molecular weight is 398 g/mol. The van der Waals surface area contributed by atoms with Crippen LogP contribution < -0.4 is 21.0 Å². The minimum atomic E-state index is -0.523. The maximum Gasteiger partial charge on any atom is 0.287 e. The monoisotopic (exact) mass is 398 g/mol. The second kappa shape index (κ2) is 9.67. The van der Waals surface area contributed by atoms with Crippen molar-refractivity contribution >= 4 is 23.2 Å². The van der Waals surface area contributed by atoms with Crippen LogP contribution in [-0.4, -0.2) is 22.3 Å². The van der Waals surface area contributed by atoms with Gasteiger partial charge in [0.2, 0.25) is 0 Å². The standard InChI is InChI=1S/C20H22N4O3S/c1-4-5-10-27-16-8-6-15(7-9-16)18(25)22-20(28)23-24-14(3)11-13(2)17(12-21)19(24)26/h6-9,11H,4-5,10H2,1-3H3,(H2,22,23,25,28). The van der Waals surface area contributed by atoms with Gasteiger partial charge in [-0.25, -0.2) is 4.68 Å². The smallest absolute Gasteiger partial charge is 0.287 e. The Bertz CT molecular complexity index is 975.